The van der Waals surface area contributed by atoms with E-state index >= 15 is 0 Å². The molecule has 0 saturated heterocycles. The first-order chi connectivity index (χ1) is 8.61. The molecule has 18 heavy (non-hydrogen) atoms. The second-order valence-electron chi connectivity index (χ2n) is 3.63. The van der Waals surface area contributed by atoms with Crippen molar-refractivity contribution in [2.24, 2.45) is 5.73 Å². The van der Waals surface area contributed by atoms with E-state index in [1.165, 1.54) is 6.92 Å². The highest BCUT2D eigenvalue weighted by atomic mass is 16.5. The fourth-order valence-corrected chi connectivity index (χ4v) is 1.25. The minimum Gasteiger partial charge on any atom is -0.484 e. The predicted octanol–water partition coefficient (Wildman–Crippen LogP) is 0.0987. The molecule has 0 saturated carbocycles. The highest BCUT2D eigenvalue weighted by Gasteiger charge is 2.02. The van der Waals surface area contributed by atoms with Crippen LogP contribution in [0.4, 0.5) is 5.69 Å². The van der Waals surface area contributed by atoms with Gasteiger partial charge in [0, 0.05) is 25.7 Å². The van der Waals surface area contributed by atoms with E-state index in [1.54, 1.807) is 24.3 Å². The minimum absolute atomic E-state index is 0.0561. The monoisotopic (exact) mass is 251 g/mol. The van der Waals surface area contributed by atoms with Gasteiger partial charge in [-0.3, -0.25) is 9.59 Å². The molecular formula is C12H17N3O3. The number of ether oxygens (including phenoxy) is 1. The summed E-state index contributed by atoms with van der Waals surface area (Å²) in [7, 11) is 0. The average Bonchev–Trinajstić information content (AvgIpc) is 2.35. The van der Waals surface area contributed by atoms with E-state index in [0.29, 0.717) is 24.5 Å². The Balaban J connectivity index is 2.39. The van der Waals surface area contributed by atoms with Crippen LogP contribution in [0.3, 0.4) is 0 Å². The Kier molecular flexibility index (Phi) is 5.66. The first kappa shape index (κ1) is 14.0. The van der Waals surface area contributed by atoms with Gasteiger partial charge >= 0.3 is 0 Å². The van der Waals surface area contributed by atoms with Gasteiger partial charge in [0.15, 0.2) is 6.61 Å². The third-order valence-electron chi connectivity index (χ3n) is 2.01. The Morgan fingerprint density at radius 3 is 2.50 bits per heavy atom. The second-order valence-corrected chi connectivity index (χ2v) is 3.63. The number of anilines is 1. The second kappa shape index (κ2) is 7.29. The van der Waals surface area contributed by atoms with Crippen molar-refractivity contribution in [1.82, 2.24) is 5.32 Å². The van der Waals surface area contributed by atoms with Crippen LogP contribution < -0.4 is 21.1 Å². The van der Waals surface area contributed by atoms with Crippen molar-refractivity contribution in [2.45, 2.75) is 6.92 Å². The van der Waals surface area contributed by atoms with Crippen molar-refractivity contribution in [2.75, 3.05) is 25.0 Å². The summed E-state index contributed by atoms with van der Waals surface area (Å²) < 4.78 is 5.26. The number of amides is 2. The molecule has 0 aliphatic carbocycles. The fourth-order valence-electron chi connectivity index (χ4n) is 1.25. The first-order valence-electron chi connectivity index (χ1n) is 5.59. The Morgan fingerprint density at radius 2 is 1.94 bits per heavy atom. The van der Waals surface area contributed by atoms with Crippen LogP contribution in [0.1, 0.15) is 6.92 Å². The molecule has 4 N–H and O–H groups in total. The molecule has 0 aromatic heterocycles. The van der Waals surface area contributed by atoms with Gasteiger partial charge in [-0.25, -0.2) is 0 Å². The van der Waals surface area contributed by atoms with Gasteiger partial charge in [0.25, 0.3) is 5.91 Å². The molecule has 6 heteroatoms. The van der Waals surface area contributed by atoms with Crippen LogP contribution in [0.2, 0.25) is 0 Å². The number of benzene rings is 1. The van der Waals surface area contributed by atoms with E-state index in [4.69, 9.17) is 10.5 Å². The standard InChI is InChI=1S/C12H17N3O3/c1-9(16)15-10-2-4-11(5-3-10)18-8-12(17)14-7-6-13/h2-5H,6-8,13H2,1H3,(H,14,17)(H,15,16). The molecule has 0 fully saturated rings. The molecule has 0 bridgehead atoms. The number of hydrogen-bond donors (Lipinski definition) is 3. The Hall–Kier alpha value is -2.08. The van der Waals surface area contributed by atoms with Crippen molar-refractivity contribution >= 4 is 17.5 Å². The van der Waals surface area contributed by atoms with E-state index in [2.05, 4.69) is 10.6 Å². The van der Waals surface area contributed by atoms with E-state index in [9.17, 15) is 9.59 Å². The molecule has 1 aromatic carbocycles. The van der Waals surface area contributed by atoms with Gasteiger partial charge in [0.05, 0.1) is 0 Å². The fraction of sp³-hybridized carbons (Fsp3) is 0.333. The normalized spacial score (nSPS) is 9.67. The Morgan fingerprint density at radius 1 is 1.28 bits per heavy atom. The van der Waals surface area contributed by atoms with Crippen LogP contribution in [-0.2, 0) is 9.59 Å². The number of nitrogens with two attached hydrogens (primary N) is 1. The lowest BCUT2D eigenvalue weighted by atomic mass is 10.3. The van der Waals surface area contributed by atoms with Gasteiger partial charge in [0.1, 0.15) is 5.75 Å². The van der Waals surface area contributed by atoms with E-state index < -0.39 is 0 Å². The Labute approximate surface area is 105 Å². The molecule has 98 valence electrons. The zero-order chi connectivity index (χ0) is 13.4. The zero-order valence-electron chi connectivity index (χ0n) is 10.2. The maximum Gasteiger partial charge on any atom is 0.257 e. The number of carbonyl (C=O) groups is 2. The summed E-state index contributed by atoms with van der Waals surface area (Å²) in [5, 5.41) is 5.23. The van der Waals surface area contributed by atoms with Gasteiger partial charge in [-0.05, 0) is 24.3 Å². The summed E-state index contributed by atoms with van der Waals surface area (Å²) in [6, 6.07) is 6.77. The van der Waals surface area contributed by atoms with Gasteiger partial charge in [-0.2, -0.15) is 0 Å². The third-order valence-corrected chi connectivity index (χ3v) is 2.01. The van der Waals surface area contributed by atoms with E-state index in [0.717, 1.165) is 0 Å². The quantitative estimate of drug-likeness (QED) is 0.668. The molecule has 6 nitrogen and oxygen atoms in total. The lowest BCUT2D eigenvalue weighted by Crippen LogP contribution is -2.32. The summed E-state index contributed by atoms with van der Waals surface area (Å²) >= 11 is 0. The van der Waals surface area contributed by atoms with Gasteiger partial charge < -0.3 is 21.1 Å². The molecule has 0 aliphatic rings. The molecule has 2 amide bonds. The molecule has 0 aliphatic heterocycles. The SMILES string of the molecule is CC(=O)Nc1ccc(OCC(=O)NCCN)cc1. The summed E-state index contributed by atoms with van der Waals surface area (Å²) in [5.74, 6) is 0.211. The average molecular weight is 251 g/mol. The summed E-state index contributed by atoms with van der Waals surface area (Å²) in [4.78, 5) is 22.0. The smallest absolute Gasteiger partial charge is 0.257 e. The first-order valence-corrected chi connectivity index (χ1v) is 5.59. The van der Waals surface area contributed by atoms with Crippen LogP contribution in [0, 0.1) is 0 Å². The highest BCUT2D eigenvalue weighted by Crippen LogP contribution is 2.15. The highest BCUT2D eigenvalue weighted by molar-refractivity contribution is 5.88. The van der Waals surface area contributed by atoms with Crippen molar-refractivity contribution in [1.29, 1.82) is 0 Å². The van der Waals surface area contributed by atoms with Crippen LogP contribution in [0.25, 0.3) is 0 Å². The van der Waals surface area contributed by atoms with Crippen LogP contribution in [0.5, 0.6) is 5.75 Å². The van der Waals surface area contributed by atoms with Crippen LogP contribution in [0.15, 0.2) is 24.3 Å². The molecule has 0 unspecified atom stereocenters. The van der Waals surface area contributed by atoms with Crippen molar-refractivity contribution in [3.05, 3.63) is 24.3 Å². The molecule has 0 spiro atoms. The van der Waals surface area contributed by atoms with Crippen molar-refractivity contribution in [3.63, 3.8) is 0 Å². The van der Waals surface area contributed by atoms with Crippen molar-refractivity contribution < 1.29 is 14.3 Å². The molecule has 1 aromatic rings. The minimum atomic E-state index is -0.216. The van der Waals surface area contributed by atoms with Gasteiger partial charge in [0.2, 0.25) is 5.91 Å². The van der Waals surface area contributed by atoms with Crippen molar-refractivity contribution in [3.8, 4) is 5.75 Å². The maximum absolute atomic E-state index is 11.2. The lowest BCUT2D eigenvalue weighted by Gasteiger charge is -2.07. The molecular weight excluding hydrogens is 234 g/mol. The summed E-state index contributed by atoms with van der Waals surface area (Å²) in [6.07, 6.45) is 0. The lowest BCUT2D eigenvalue weighted by molar-refractivity contribution is -0.123. The number of hydrogen-bond acceptors (Lipinski definition) is 4. The maximum atomic E-state index is 11.2. The van der Waals surface area contributed by atoms with Gasteiger partial charge in [-0.15, -0.1) is 0 Å². The molecule has 0 atom stereocenters. The zero-order valence-corrected chi connectivity index (χ0v) is 10.2. The van der Waals surface area contributed by atoms with Gasteiger partial charge in [-0.1, -0.05) is 0 Å². The molecule has 0 radical (unpaired) electrons. The topological polar surface area (TPSA) is 93.4 Å². The molecule has 1 rings (SSSR count). The van der Waals surface area contributed by atoms with E-state index in [1.807, 2.05) is 0 Å². The third kappa shape index (κ3) is 5.31. The van der Waals surface area contributed by atoms with E-state index in [-0.39, 0.29) is 18.4 Å². The number of nitrogens with one attached hydrogen (secondary N) is 2. The summed E-state index contributed by atoms with van der Waals surface area (Å²) in [6.45, 7) is 2.21. The number of rotatable bonds is 6. The summed E-state index contributed by atoms with van der Waals surface area (Å²) in [5.41, 5.74) is 5.93. The predicted molar refractivity (Wildman–Crippen MR) is 68.3 cm³/mol. The van der Waals surface area contributed by atoms with Crippen LogP contribution >= 0.6 is 0 Å². The number of carbonyl (C=O) groups excluding carboxylic acids is 2. The van der Waals surface area contributed by atoms with Crippen LogP contribution in [-0.4, -0.2) is 31.5 Å². The largest absolute Gasteiger partial charge is 0.484 e. The Bertz CT molecular complexity index is 404. The molecule has 0 heterocycles.